The van der Waals surface area contributed by atoms with Crippen LogP contribution in [0.15, 0.2) is 42.6 Å². The number of nitrogens with one attached hydrogen (secondary N) is 1. The fourth-order valence-electron chi connectivity index (χ4n) is 2.62. The fourth-order valence-corrected chi connectivity index (χ4v) is 2.62. The van der Waals surface area contributed by atoms with Crippen molar-refractivity contribution in [3.05, 3.63) is 53.9 Å². The highest BCUT2D eigenvalue weighted by Gasteiger charge is 2.32. The molecule has 0 aliphatic heterocycles. The maximum absolute atomic E-state index is 12.7. The van der Waals surface area contributed by atoms with E-state index in [-0.39, 0.29) is 22.8 Å². The number of pyridine rings is 1. The van der Waals surface area contributed by atoms with Crippen molar-refractivity contribution in [2.75, 3.05) is 11.1 Å². The van der Waals surface area contributed by atoms with Crippen LogP contribution in [0.2, 0.25) is 0 Å². The van der Waals surface area contributed by atoms with Crippen molar-refractivity contribution >= 4 is 17.5 Å². The third-order valence-electron chi connectivity index (χ3n) is 3.87. The number of nitrogens with zero attached hydrogens (tertiary/aromatic N) is 3. The van der Waals surface area contributed by atoms with Gasteiger partial charge in [-0.3, -0.25) is 9.48 Å². The smallest absolute Gasteiger partial charge is 0.405 e. The Bertz CT molecular complexity index is 1030. The van der Waals surface area contributed by atoms with Crippen molar-refractivity contribution in [1.29, 1.82) is 0 Å². The molecule has 28 heavy (non-hydrogen) atoms. The zero-order chi connectivity index (χ0) is 20.5. The quantitative estimate of drug-likeness (QED) is 0.710. The highest BCUT2D eigenvalue weighted by Crippen LogP contribution is 2.37. The molecule has 0 unspecified atom stereocenters. The number of anilines is 2. The van der Waals surface area contributed by atoms with E-state index in [4.69, 9.17) is 5.73 Å². The molecular weight excluding hydrogens is 375 g/mol. The number of amides is 1. The lowest BCUT2D eigenvalue weighted by atomic mass is 10.0. The number of carbonyl (C=O) groups excluding carboxylic acids is 1. The second-order valence-corrected chi connectivity index (χ2v) is 5.97. The van der Waals surface area contributed by atoms with E-state index in [0.29, 0.717) is 5.69 Å². The summed E-state index contributed by atoms with van der Waals surface area (Å²) in [4.78, 5) is 16.3. The van der Waals surface area contributed by atoms with Crippen molar-refractivity contribution < 1.29 is 22.7 Å². The van der Waals surface area contributed by atoms with Gasteiger partial charge in [-0.15, -0.1) is 13.2 Å². The number of hydrogen-bond donors (Lipinski definition) is 2. The van der Waals surface area contributed by atoms with E-state index in [1.807, 2.05) is 0 Å². The van der Waals surface area contributed by atoms with E-state index >= 15 is 0 Å². The first-order valence-corrected chi connectivity index (χ1v) is 8.06. The van der Waals surface area contributed by atoms with Gasteiger partial charge in [0.25, 0.3) is 5.91 Å². The number of halogens is 3. The van der Waals surface area contributed by atoms with E-state index in [2.05, 4.69) is 20.1 Å². The number of benzene rings is 1. The van der Waals surface area contributed by atoms with Crippen LogP contribution in [0.4, 0.5) is 24.8 Å². The molecule has 0 atom stereocenters. The van der Waals surface area contributed by atoms with Gasteiger partial charge in [0, 0.05) is 24.4 Å². The molecule has 0 aliphatic carbocycles. The molecule has 0 fully saturated rings. The minimum absolute atomic E-state index is 0.0552. The minimum Gasteiger partial charge on any atom is -0.405 e. The SMILES string of the molecule is Cc1ccc(OC(F)(F)F)c(-c2ccc(NC(=O)c3ccnn3C)nc2N)c1. The van der Waals surface area contributed by atoms with Crippen LogP contribution < -0.4 is 15.8 Å². The lowest BCUT2D eigenvalue weighted by Gasteiger charge is -2.15. The third kappa shape index (κ3) is 4.22. The average Bonchev–Trinajstić information content (AvgIpc) is 3.02. The Hall–Kier alpha value is -3.56. The number of carbonyl (C=O) groups is 1. The third-order valence-corrected chi connectivity index (χ3v) is 3.87. The van der Waals surface area contributed by atoms with Gasteiger partial charge in [-0.2, -0.15) is 5.10 Å². The summed E-state index contributed by atoms with van der Waals surface area (Å²) in [5.41, 5.74) is 7.37. The molecule has 0 bridgehead atoms. The van der Waals surface area contributed by atoms with Crippen LogP contribution in [0.25, 0.3) is 11.1 Å². The molecule has 0 saturated carbocycles. The molecule has 0 radical (unpaired) electrons. The van der Waals surface area contributed by atoms with Crippen molar-refractivity contribution in [2.24, 2.45) is 7.05 Å². The van der Waals surface area contributed by atoms with Gasteiger partial charge in [-0.25, -0.2) is 4.98 Å². The molecular formula is C18H16F3N5O2. The van der Waals surface area contributed by atoms with Crippen LogP contribution in [-0.4, -0.2) is 27.0 Å². The standard InChI is InChI=1S/C18H16F3N5O2/c1-10-3-5-14(28-18(19,20)21)12(9-10)11-4-6-15(24-16(11)22)25-17(27)13-7-8-23-26(13)2/h3-9H,1-2H3,(H3,22,24,25,27). The summed E-state index contributed by atoms with van der Waals surface area (Å²) in [5, 5.41) is 6.47. The number of alkyl halides is 3. The molecule has 0 aliphatic rings. The molecule has 2 aromatic heterocycles. The zero-order valence-electron chi connectivity index (χ0n) is 14.9. The number of nitrogen functional groups attached to an aromatic ring is 1. The van der Waals surface area contributed by atoms with Crippen molar-refractivity contribution in [3.63, 3.8) is 0 Å². The molecule has 146 valence electrons. The van der Waals surface area contributed by atoms with Gasteiger partial charge in [0.15, 0.2) is 0 Å². The van der Waals surface area contributed by atoms with Crippen LogP contribution >= 0.6 is 0 Å². The Kier molecular flexibility index (Phi) is 4.95. The molecule has 7 nitrogen and oxygen atoms in total. The van der Waals surface area contributed by atoms with Crippen LogP contribution in [0.5, 0.6) is 5.75 Å². The van der Waals surface area contributed by atoms with Gasteiger partial charge in [0.2, 0.25) is 0 Å². The first kappa shape index (κ1) is 19.2. The summed E-state index contributed by atoms with van der Waals surface area (Å²) in [7, 11) is 1.61. The second kappa shape index (κ2) is 7.22. The van der Waals surface area contributed by atoms with Crippen molar-refractivity contribution in [2.45, 2.75) is 13.3 Å². The summed E-state index contributed by atoms with van der Waals surface area (Å²) in [6.07, 6.45) is -3.37. The topological polar surface area (TPSA) is 95.1 Å². The van der Waals surface area contributed by atoms with Gasteiger partial charge in [-0.1, -0.05) is 11.6 Å². The lowest BCUT2D eigenvalue weighted by Crippen LogP contribution is -2.18. The predicted octanol–water partition coefficient (Wildman–Crippen LogP) is 3.52. The molecule has 0 saturated heterocycles. The number of hydrogen-bond acceptors (Lipinski definition) is 5. The number of aryl methyl sites for hydroxylation is 2. The Morgan fingerprint density at radius 3 is 2.54 bits per heavy atom. The largest absolute Gasteiger partial charge is 0.573 e. The number of nitrogens with two attached hydrogens (primary N) is 1. The van der Waals surface area contributed by atoms with Gasteiger partial charge in [-0.05, 0) is 37.3 Å². The second-order valence-electron chi connectivity index (χ2n) is 5.97. The molecule has 3 aromatic rings. The first-order chi connectivity index (χ1) is 13.1. The van der Waals surface area contributed by atoms with Gasteiger partial charge in [0.1, 0.15) is 23.1 Å². The van der Waals surface area contributed by atoms with Crippen molar-refractivity contribution in [1.82, 2.24) is 14.8 Å². The predicted molar refractivity (Wildman–Crippen MR) is 96.7 cm³/mol. The van der Waals surface area contributed by atoms with E-state index in [1.54, 1.807) is 14.0 Å². The Morgan fingerprint density at radius 1 is 1.18 bits per heavy atom. The molecule has 1 aromatic carbocycles. The van der Waals surface area contributed by atoms with E-state index in [1.165, 1.54) is 47.3 Å². The monoisotopic (exact) mass is 391 g/mol. The normalized spacial score (nSPS) is 11.3. The Balaban J connectivity index is 1.92. The Morgan fingerprint density at radius 2 is 1.93 bits per heavy atom. The number of ether oxygens (including phenoxy) is 1. The van der Waals surface area contributed by atoms with Gasteiger partial charge in [0.05, 0.1) is 0 Å². The van der Waals surface area contributed by atoms with E-state index in [9.17, 15) is 18.0 Å². The average molecular weight is 391 g/mol. The van der Waals surface area contributed by atoms with Gasteiger partial charge < -0.3 is 15.8 Å². The van der Waals surface area contributed by atoms with Crippen molar-refractivity contribution in [3.8, 4) is 16.9 Å². The number of aromatic nitrogens is 3. The van der Waals surface area contributed by atoms with E-state index in [0.717, 1.165) is 5.56 Å². The summed E-state index contributed by atoms with van der Waals surface area (Å²) in [6, 6.07) is 8.67. The maximum Gasteiger partial charge on any atom is 0.573 e. The fraction of sp³-hybridized carbons (Fsp3) is 0.167. The molecule has 1 amide bonds. The highest BCUT2D eigenvalue weighted by atomic mass is 19.4. The van der Waals surface area contributed by atoms with Crippen LogP contribution in [0.1, 0.15) is 16.1 Å². The summed E-state index contributed by atoms with van der Waals surface area (Å²) in [6.45, 7) is 1.73. The highest BCUT2D eigenvalue weighted by molar-refractivity contribution is 6.02. The van der Waals surface area contributed by atoms with Crippen LogP contribution in [0, 0.1) is 6.92 Å². The lowest BCUT2D eigenvalue weighted by molar-refractivity contribution is -0.274. The van der Waals surface area contributed by atoms with Crippen LogP contribution in [0.3, 0.4) is 0 Å². The molecule has 3 N–H and O–H groups in total. The molecule has 0 spiro atoms. The summed E-state index contributed by atoms with van der Waals surface area (Å²) < 4.78 is 43.5. The number of rotatable bonds is 4. The summed E-state index contributed by atoms with van der Waals surface area (Å²) in [5.74, 6) is -0.742. The summed E-state index contributed by atoms with van der Waals surface area (Å²) >= 11 is 0. The van der Waals surface area contributed by atoms with Gasteiger partial charge >= 0.3 is 6.36 Å². The molecule has 3 rings (SSSR count). The minimum atomic E-state index is -4.84. The zero-order valence-corrected chi connectivity index (χ0v) is 14.9. The first-order valence-electron chi connectivity index (χ1n) is 8.06. The Labute approximate surface area is 157 Å². The molecule has 10 heteroatoms. The maximum atomic E-state index is 12.7. The molecule has 2 heterocycles. The van der Waals surface area contributed by atoms with Crippen LogP contribution in [-0.2, 0) is 7.05 Å². The van der Waals surface area contributed by atoms with E-state index < -0.39 is 18.0 Å².